The van der Waals surface area contributed by atoms with Crippen LogP contribution >= 0.6 is 0 Å². The molecule has 2 heterocycles. The smallest absolute Gasteiger partial charge is 0.228 e. The van der Waals surface area contributed by atoms with Crippen molar-refractivity contribution in [2.75, 3.05) is 26.2 Å². The Kier molecular flexibility index (Phi) is 2.77. The molecule has 0 aromatic rings. The van der Waals surface area contributed by atoms with Gasteiger partial charge >= 0.3 is 0 Å². The Bertz CT molecular complexity index is 216. The zero-order chi connectivity index (χ0) is 10.0. The van der Waals surface area contributed by atoms with Crippen LogP contribution in [0.25, 0.3) is 0 Å². The number of hydrogen-bond donors (Lipinski definition) is 1. The van der Waals surface area contributed by atoms with Crippen molar-refractivity contribution >= 4 is 5.91 Å². The van der Waals surface area contributed by atoms with E-state index in [1.807, 2.05) is 4.90 Å². The largest absolute Gasteiger partial charge is 0.342 e. The zero-order valence-corrected chi connectivity index (χ0v) is 9.01. The Hall–Kier alpha value is -0.570. The van der Waals surface area contributed by atoms with Gasteiger partial charge in [-0.1, -0.05) is 0 Å². The van der Waals surface area contributed by atoms with Crippen LogP contribution in [0, 0.1) is 5.41 Å². The van der Waals surface area contributed by atoms with Gasteiger partial charge in [-0.3, -0.25) is 4.79 Å². The van der Waals surface area contributed by atoms with Crippen molar-refractivity contribution in [1.82, 2.24) is 10.2 Å². The summed E-state index contributed by atoms with van der Waals surface area (Å²) in [4.78, 5) is 14.3. The summed E-state index contributed by atoms with van der Waals surface area (Å²) in [5.74, 6) is 0.424. The fraction of sp³-hybridized carbons (Fsp3) is 0.909. The number of nitrogens with zero attached hydrogens (tertiary/aromatic N) is 1. The van der Waals surface area contributed by atoms with Crippen LogP contribution in [-0.2, 0) is 4.79 Å². The fourth-order valence-corrected chi connectivity index (χ4v) is 2.82. The first-order chi connectivity index (χ1) is 6.78. The maximum atomic E-state index is 12.2. The predicted molar refractivity (Wildman–Crippen MR) is 56.0 cm³/mol. The van der Waals surface area contributed by atoms with Crippen molar-refractivity contribution in [2.24, 2.45) is 5.41 Å². The topological polar surface area (TPSA) is 32.3 Å². The van der Waals surface area contributed by atoms with Crippen LogP contribution in [0.4, 0.5) is 0 Å². The number of nitrogens with one attached hydrogen (secondary N) is 1. The molecule has 2 aliphatic heterocycles. The first-order valence-corrected chi connectivity index (χ1v) is 5.79. The molecule has 2 rings (SSSR count). The van der Waals surface area contributed by atoms with Gasteiger partial charge in [0.05, 0.1) is 5.41 Å². The van der Waals surface area contributed by atoms with E-state index in [9.17, 15) is 4.79 Å². The first-order valence-electron chi connectivity index (χ1n) is 5.79. The molecule has 0 saturated carbocycles. The third kappa shape index (κ3) is 1.54. The average Bonchev–Trinajstić information content (AvgIpc) is 2.24. The van der Waals surface area contributed by atoms with Gasteiger partial charge in [-0.15, -0.1) is 0 Å². The van der Waals surface area contributed by atoms with Gasteiger partial charge in [0.25, 0.3) is 0 Å². The first kappa shape index (κ1) is 9.97. The van der Waals surface area contributed by atoms with Crippen LogP contribution in [0.3, 0.4) is 0 Å². The zero-order valence-electron chi connectivity index (χ0n) is 9.01. The highest BCUT2D eigenvalue weighted by molar-refractivity contribution is 5.83. The van der Waals surface area contributed by atoms with Crippen molar-refractivity contribution in [1.29, 1.82) is 0 Å². The number of hydrogen-bond acceptors (Lipinski definition) is 2. The molecule has 14 heavy (non-hydrogen) atoms. The number of likely N-dealkylation sites (tertiary alicyclic amines) is 1. The SMILES string of the molecule is CCN1CCCC2(CCNCC2)C1=O. The van der Waals surface area contributed by atoms with Crippen molar-refractivity contribution < 1.29 is 4.79 Å². The van der Waals surface area contributed by atoms with Gasteiger partial charge < -0.3 is 10.2 Å². The standard InChI is InChI=1S/C11H20N2O/c1-2-13-9-3-4-11(10(13)14)5-7-12-8-6-11/h12H,2-9H2,1H3. The molecule has 0 aromatic heterocycles. The summed E-state index contributed by atoms with van der Waals surface area (Å²) >= 11 is 0. The van der Waals surface area contributed by atoms with E-state index in [-0.39, 0.29) is 5.41 Å². The molecule has 1 amide bonds. The van der Waals surface area contributed by atoms with Crippen molar-refractivity contribution in [2.45, 2.75) is 32.6 Å². The van der Waals surface area contributed by atoms with E-state index >= 15 is 0 Å². The number of amides is 1. The van der Waals surface area contributed by atoms with Crippen LogP contribution in [0.5, 0.6) is 0 Å². The lowest BCUT2D eigenvalue weighted by molar-refractivity contribution is -0.148. The monoisotopic (exact) mass is 196 g/mol. The lowest BCUT2D eigenvalue weighted by atomic mass is 9.72. The normalized spacial score (nSPS) is 26.9. The molecule has 3 nitrogen and oxygen atoms in total. The van der Waals surface area contributed by atoms with E-state index in [0.717, 1.165) is 45.4 Å². The molecule has 0 unspecified atom stereocenters. The summed E-state index contributed by atoms with van der Waals surface area (Å²) in [6, 6.07) is 0. The minimum atomic E-state index is 0.0134. The predicted octanol–water partition coefficient (Wildman–Crippen LogP) is 0.998. The summed E-state index contributed by atoms with van der Waals surface area (Å²) < 4.78 is 0. The Morgan fingerprint density at radius 1 is 1.36 bits per heavy atom. The second-order valence-corrected chi connectivity index (χ2v) is 4.52. The second-order valence-electron chi connectivity index (χ2n) is 4.52. The minimum Gasteiger partial charge on any atom is -0.342 e. The number of carbonyl (C=O) groups is 1. The molecule has 0 atom stereocenters. The summed E-state index contributed by atoms with van der Waals surface area (Å²) in [7, 11) is 0. The minimum absolute atomic E-state index is 0.0134. The van der Waals surface area contributed by atoms with Crippen LogP contribution < -0.4 is 5.32 Å². The Labute approximate surface area is 85.8 Å². The van der Waals surface area contributed by atoms with E-state index in [4.69, 9.17) is 0 Å². The van der Waals surface area contributed by atoms with Gasteiger partial charge in [0.2, 0.25) is 5.91 Å². The van der Waals surface area contributed by atoms with Gasteiger partial charge in [0.1, 0.15) is 0 Å². The highest BCUT2D eigenvalue weighted by Crippen LogP contribution is 2.38. The number of piperidine rings is 2. The Morgan fingerprint density at radius 3 is 2.71 bits per heavy atom. The average molecular weight is 196 g/mol. The van der Waals surface area contributed by atoms with E-state index < -0.39 is 0 Å². The third-order valence-electron chi connectivity index (χ3n) is 3.77. The van der Waals surface area contributed by atoms with Crippen molar-refractivity contribution in [3.63, 3.8) is 0 Å². The summed E-state index contributed by atoms with van der Waals surface area (Å²) in [5, 5.41) is 3.34. The van der Waals surface area contributed by atoms with Crippen LogP contribution in [0.1, 0.15) is 32.6 Å². The quantitative estimate of drug-likeness (QED) is 0.678. The third-order valence-corrected chi connectivity index (χ3v) is 3.77. The van der Waals surface area contributed by atoms with Crippen molar-refractivity contribution in [3.8, 4) is 0 Å². The molecule has 1 spiro atoms. The summed E-state index contributed by atoms with van der Waals surface area (Å²) in [6.45, 7) is 5.98. The lowest BCUT2D eigenvalue weighted by Gasteiger charge is -2.43. The second kappa shape index (κ2) is 3.89. The molecule has 0 radical (unpaired) electrons. The molecular formula is C11H20N2O. The molecule has 2 aliphatic rings. The van der Waals surface area contributed by atoms with Crippen LogP contribution in [-0.4, -0.2) is 37.0 Å². The molecule has 0 aliphatic carbocycles. The Balaban J connectivity index is 2.12. The number of rotatable bonds is 1. The van der Waals surface area contributed by atoms with Gasteiger partial charge in [-0.2, -0.15) is 0 Å². The maximum Gasteiger partial charge on any atom is 0.228 e. The van der Waals surface area contributed by atoms with Crippen molar-refractivity contribution in [3.05, 3.63) is 0 Å². The van der Waals surface area contributed by atoms with Gasteiger partial charge in [0.15, 0.2) is 0 Å². The highest BCUT2D eigenvalue weighted by Gasteiger charge is 2.43. The van der Waals surface area contributed by atoms with E-state index in [1.54, 1.807) is 0 Å². The molecular weight excluding hydrogens is 176 g/mol. The molecule has 2 saturated heterocycles. The lowest BCUT2D eigenvalue weighted by Crippen LogP contribution is -2.52. The van der Waals surface area contributed by atoms with Crippen LogP contribution in [0.2, 0.25) is 0 Å². The van der Waals surface area contributed by atoms with E-state index in [1.165, 1.54) is 6.42 Å². The van der Waals surface area contributed by atoms with Gasteiger partial charge in [0, 0.05) is 13.1 Å². The Morgan fingerprint density at radius 2 is 2.07 bits per heavy atom. The molecule has 0 aromatic carbocycles. The fourth-order valence-electron chi connectivity index (χ4n) is 2.82. The van der Waals surface area contributed by atoms with Gasteiger partial charge in [-0.05, 0) is 45.7 Å². The highest BCUT2D eigenvalue weighted by atomic mass is 16.2. The molecule has 1 N–H and O–H groups in total. The maximum absolute atomic E-state index is 12.2. The number of carbonyl (C=O) groups excluding carboxylic acids is 1. The summed E-state index contributed by atoms with van der Waals surface area (Å²) in [6.07, 6.45) is 4.40. The molecule has 2 fully saturated rings. The van der Waals surface area contributed by atoms with E-state index in [0.29, 0.717) is 5.91 Å². The van der Waals surface area contributed by atoms with Crippen LogP contribution in [0.15, 0.2) is 0 Å². The molecule has 80 valence electrons. The molecule has 3 heteroatoms. The van der Waals surface area contributed by atoms with Gasteiger partial charge in [-0.25, -0.2) is 0 Å². The molecule has 0 bridgehead atoms. The van der Waals surface area contributed by atoms with E-state index in [2.05, 4.69) is 12.2 Å². The summed E-state index contributed by atoms with van der Waals surface area (Å²) in [5.41, 5.74) is 0.0134.